The molecule has 0 saturated carbocycles. The molecule has 2 aromatic heterocycles. The number of cyclic esters (lactones) is 1. The summed E-state index contributed by atoms with van der Waals surface area (Å²) in [6, 6.07) is 12.8. The van der Waals surface area contributed by atoms with Crippen molar-refractivity contribution < 1.29 is 53.1 Å². The first-order chi connectivity index (χ1) is 26.8. The van der Waals surface area contributed by atoms with Crippen LogP contribution in [-0.4, -0.2) is 81.5 Å². The number of phenols is 1. The van der Waals surface area contributed by atoms with Crippen LogP contribution in [0.25, 0.3) is 22.3 Å². The molecule has 0 unspecified atom stereocenters. The van der Waals surface area contributed by atoms with Crippen LogP contribution < -0.4 is 21.5 Å². The fourth-order valence-electron chi connectivity index (χ4n) is 6.58. The number of nitrogens with zero attached hydrogens (tertiary/aromatic N) is 2. The molecule has 0 radical (unpaired) electrons. The third kappa shape index (κ3) is 8.79. The fourth-order valence-corrected chi connectivity index (χ4v) is 6.58. The minimum absolute atomic E-state index is 0.0958. The Bertz CT molecular complexity index is 2270. The van der Waals surface area contributed by atoms with Crippen molar-refractivity contribution in [3.8, 4) is 17.1 Å². The summed E-state index contributed by atoms with van der Waals surface area (Å²) in [5.41, 5.74) is 3.65. The molecule has 17 nitrogen and oxygen atoms in total. The second-order valence-corrected chi connectivity index (χ2v) is 13.9. The van der Waals surface area contributed by atoms with Crippen molar-refractivity contribution in [3.63, 3.8) is 0 Å². The van der Waals surface area contributed by atoms with Gasteiger partial charge in [0.1, 0.15) is 32.2 Å². The lowest BCUT2D eigenvalue weighted by molar-refractivity contribution is -0.159. The van der Waals surface area contributed by atoms with Gasteiger partial charge in [-0.3, -0.25) is 19.2 Å². The largest absolute Gasteiger partial charge is 0.509 e. The number of carbonyl (C=O) groups excluding carboxylic acids is 5. The van der Waals surface area contributed by atoms with Crippen LogP contribution in [0.15, 0.2) is 53.3 Å². The van der Waals surface area contributed by atoms with Gasteiger partial charge in [-0.2, -0.15) is 0 Å². The van der Waals surface area contributed by atoms with E-state index >= 15 is 0 Å². The van der Waals surface area contributed by atoms with Gasteiger partial charge >= 0.3 is 12.1 Å². The Hall–Kier alpha value is -6.33. The molecule has 2 aromatic carbocycles. The maximum absolute atomic E-state index is 13.7. The van der Waals surface area contributed by atoms with Gasteiger partial charge < -0.3 is 49.7 Å². The van der Waals surface area contributed by atoms with E-state index in [-0.39, 0.29) is 56.4 Å². The Labute approximate surface area is 319 Å². The zero-order chi connectivity index (χ0) is 40.1. The zero-order valence-electron chi connectivity index (χ0n) is 30.9. The Balaban J connectivity index is 1.01. The van der Waals surface area contributed by atoms with Gasteiger partial charge in [0.05, 0.1) is 35.6 Å². The van der Waals surface area contributed by atoms with Crippen molar-refractivity contribution in [3.05, 3.63) is 86.7 Å². The highest BCUT2D eigenvalue weighted by molar-refractivity contribution is 5.95. The number of esters is 1. The first-order valence-electron chi connectivity index (χ1n) is 17.8. The number of aliphatic hydroxyl groups excluding tert-OH is 1. The van der Waals surface area contributed by atoms with Crippen molar-refractivity contribution in [2.45, 2.75) is 65.0 Å². The van der Waals surface area contributed by atoms with E-state index in [1.54, 1.807) is 60.9 Å². The van der Waals surface area contributed by atoms with Crippen LogP contribution in [0.2, 0.25) is 0 Å². The molecule has 2 aliphatic heterocycles. The Morgan fingerprint density at radius 2 is 1.75 bits per heavy atom. The molecule has 17 heteroatoms. The average Bonchev–Trinajstić information content (AvgIpc) is 3.52. The first-order valence-corrected chi connectivity index (χ1v) is 17.8. The van der Waals surface area contributed by atoms with Crippen molar-refractivity contribution in [1.82, 2.24) is 20.2 Å². The molecule has 56 heavy (non-hydrogen) atoms. The van der Waals surface area contributed by atoms with Gasteiger partial charge in [0.2, 0.25) is 23.8 Å². The van der Waals surface area contributed by atoms with E-state index in [2.05, 4.69) is 16.0 Å². The molecule has 0 bridgehead atoms. The number of carbonyl (C=O) groups is 5. The van der Waals surface area contributed by atoms with Crippen molar-refractivity contribution >= 4 is 46.4 Å². The van der Waals surface area contributed by atoms with Crippen LogP contribution in [0.1, 0.15) is 61.1 Å². The van der Waals surface area contributed by atoms with Gasteiger partial charge in [-0.1, -0.05) is 19.1 Å². The number of amides is 3. The number of aromatic hydroxyl groups is 1. The number of aryl methyl sites for hydroxylation is 1. The molecule has 0 aliphatic carbocycles. The van der Waals surface area contributed by atoms with E-state index in [1.807, 2.05) is 6.92 Å². The van der Waals surface area contributed by atoms with Crippen molar-refractivity contribution in [2.24, 2.45) is 0 Å². The molecular formula is C39H41N5O12. The number of aromatic nitrogens is 2. The quantitative estimate of drug-likeness (QED) is 0.102. The van der Waals surface area contributed by atoms with Gasteiger partial charge in [0.15, 0.2) is 0 Å². The Kier molecular flexibility index (Phi) is 11.7. The number of fused-ring (bicyclic) bond motifs is 5. The van der Waals surface area contributed by atoms with E-state index in [0.717, 1.165) is 16.5 Å². The van der Waals surface area contributed by atoms with Gasteiger partial charge in [0.25, 0.3) is 5.56 Å². The lowest BCUT2D eigenvalue weighted by Gasteiger charge is -2.25. The van der Waals surface area contributed by atoms with E-state index in [4.69, 9.17) is 29.0 Å². The van der Waals surface area contributed by atoms with Gasteiger partial charge in [-0.25, -0.2) is 14.6 Å². The minimum Gasteiger partial charge on any atom is -0.508 e. The number of hydrogen-bond acceptors (Lipinski definition) is 13. The van der Waals surface area contributed by atoms with Crippen molar-refractivity contribution in [2.75, 3.05) is 31.7 Å². The van der Waals surface area contributed by atoms with Crippen molar-refractivity contribution in [1.29, 1.82) is 0 Å². The summed E-state index contributed by atoms with van der Waals surface area (Å²) in [6.07, 6.45) is -1.76. The number of hydrogen-bond donors (Lipinski definition) is 5. The lowest BCUT2D eigenvalue weighted by Crippen LogP contribution is -2.46. The molecule has 1 atom stereocenters. The van der Waals surface area contributed by atoms with E-state index in [0.29, 0.717) is 41.0 Å². The lowest BCUT2D eigenvalue weighted by atomic mass is 9.97. The van der Waals surface area contributed by atoms with Gasteiger partial charge in [-0.15, -0.1) is 0 Å². The Morgan fingerprint density at radius 1 is 1.00 bits per heavy atom. The summed E-state index contributed by atoms with van der Waals surface area (Å²) >= 11 is 0. The standard InChI is InChI=1S/C39H41N5O12/c1-4-24-25-13-23(46)9-10-29(25)42-34-27(24)16-44-30(34)14-26-28(36(44)50)18-54-37(51)35(26)56-38(52)55-17-21-5-7-22(8-6-21)41-31(47)15-40-32(48)19-53-20-33(49)43-39(2,3)11-12-45/h5-10,13-14,35,45-46H,4,11-12,15-20H2,1-3H3,(H,40,48)(H,41,47)(H,43,49)/t35-/m0/s1. The highest BCUT2D eigenvalue weighted by Crippen LogP contribution is 2.39. The van der Waals surface area contributed by atoms with Gasteiger partial charge in [-0.05, 0) is 74.2 Å². The van der Waals surface area contributed by atoms with Crippen LogP contribution >= 0.6 is 0 Å². The average molecular weight is 772 g/mol. The van der Waals surface area contributed by atoms with Gasteiger partial charge in [0, 0.05) is 34.3 Å². The SMILES string of the molecule is CCc1c2c(nc3ccc(O)cc13)-c1cc3c(c(=O)n1C2)COC(=O)[C@H]3OC(=O)OCc1ccc(NC(=O)CNC(=O)COCC(=O)NC(C)(C)CCO)cc1. The summed E-state index contributed by atoms with van der Waals surface area (Å²) in [4.78, 5) is 80.6. The van der Waals surface area contributed by atoms with Crippen LogP contribution in [-0.2, 0) is 64.3 Å². The third-order valence-electron chi connectivity index (χ3n) is 9.33. The zero-order valence-corrected chi connectivity index (χ0v) is 30.9. The number of nitrogens with one attached hydrogen (secondary N) is 3. The van der Waals surface area contributed by atoms with Crippen LogP contribution in [0.5, 0.6) is 5.75 Å². The van der Waals surface area contributed by atoms with Crippen LogP contribution in [0.3, 0.4) is 0 Å². The topological polar surface area (TPSA) is 234 Å². The Morgan fingerprint density at radius 3 is 2.48 bits per heavy atom. The fraction of sp³-hybridized carbons (Fsp3) is 0.359. The first kappa shape index (κ1) is 39.4. The number of ether oxygens (including phenoxy) is 4. The molecule has 6 rings (SSSR count). The molecule has 3 amide bonds. The molecule has 294 valence electrons. The normalized spacial score (nSPS) is 14.2. The summed E-state index contributed by atoms with van der Waals surface area (Å²) in [7, 11) is 0. The molecule has 0 saturated heterocycles. The minimum atomic E-state index is -1.56. The molecular weight excluding hydrogens is 730 g/mol. The number of pyridine rings is 2. The number of phenolic OH excluding ortho intramolecular Hbond substituents is 1. The van der Waals surface area contributed by atoms with E-state index < -0.39 is 53.7 Å². The second kappa shape index (κ2) is 16.6. The third-order valence-corrected chi connectivity index (χ3v) is 9.33. The number of aliphatic hydroxyl groups is 1. The highest BCUT2D eigenvalue weighted by atomic mass is 16.7. The molecule has 4 aromatic rings. The van der Waals surface area contributed by atoms with E-state index in [9.17, 15) is 33.9 Å². The smallest absolute Gasteiger partial charge is 0.508 e. The predicted molar refractivity (Wildman–Crippen MR) is 198 cm³/mol. The second-order valence-electron chi connectivity index (χ2n) is 13.9. The van der Waals surface area contributed by atoms with E-state index in [1.165, 1.54) is 6.07 Å². The number of rotatable bonds is 14. The summed E-state index contributed by atoms with van der Waals surface area (Å²) < 4.78 is 22.5. The molecule has 0 fully saturated rings. The predicted octanol–water partition coefficient (Wildman–Crippen LogP) is 2.49. The summed E-state index contributed by atoms with van der Waals surface area (Å²) in [5.74, 6) is -2.34. The molecule has 2 aliphatic rings. The highest BCUT2D eigenvalue weighted by Gasteiger charge is 2.38. The maximum Gasteiger partial charge on any atom is 0.509 e. The molecule has 4 heterocycles. The molecule has 0 spiro atoms. The van der Waals surface area contributed by atoms with Crippen LogP contribution in [0.4, 0.5) is 10.5 Å². The summed E-state index contributed by atoms with van der Waals surface area (Å²) in [5, 5.41) is 27.6. The monoisotopic (exact) mass is 771 g/mol. The number of anilines is 1. The molecule has 5 N–H and O–H groups in total. The number of benzene rings is 2. The maximum atomic E-state index is 13.7. The van der Waals surface area contributed by atoms with Crippen LogP contribution in [0, 0.1) is 0 Å². The summed E-state index contributed by atoms with van der Waals surface area (Å²) in [6.45, 7) is 3.90.